The maximum atomic E-state index is 5.65. The van der Waals surface area contributed by atoms with Crippen LogP contribution in [0.5, 0.6) is 0 Å². The van der Waals surface area contributed by atoms with Gasteiger partial charge in [0, 0.05) is 37.1 Å². The summed E-state index contributed by atoms with van der Waals surface area (Å²) in [7, 11) is 0. The van der Waals surface area contributed by atoms with Gasteiger partial charge in [-0.1, -0.05) is 20.8 Å². The molecule has 106 valence electrons. The Morgan fingerprint density at radius 2 is 1.95 bits per heavy atom. The topological polar surface area (TPSA) is 55.0 Å². The zero-order chi connectivity index (χ0) is 14.0. The number of hydrogen-bond acceptors (Lipinski definition) is 4. The van der Waals surface area contributed by atoms with Crippen LogP contribution < -0.4 is 10.6 Å². The maximum absolute atomic E-state index is 5.65. The Kier molecular flexibility index (Phi) is 4.09. The van der Waals surface area contributed by atoms with E-state index in [9.17, 15) is 0 Å². The predicted octanol–water partition coefficient (Wildman–Crippen LogP) is 2.51. The van der Waals surface area contributed by atoms with E-state index in [4.69, 9.17) is 5.73 Å². The van der Waals surface area contributed by atoms with E-state index in [2.05, 4.69) is 35.6 Å². The first kappa shape index (κ1) is 14.3. The smallest absolute Gasteiger partial charge is 0.225 e. The largest absolute Gasteiger partial charge is 0.341 e. The molecule has 2 heterocycles. The summed E-state index contributed by atoms with van der Waals surface area (Å²) in [6.07, 6.45) is 4.32. The Bertz CT molecular complexity index is 428. The molecule has 0 unspecified atom stereocenters. The average molecular weight is 262 g/mol. The van der Waals surface area contributed by atoms with Crippen molar-refractivity contribution >= 4 is 5.95 Å². The second-order valence-corrected chi connectivity index (χ2v) is 6.61. The molecule has 1 aromatic heterocycles. The third-order valence-electron chi connectivity index (χ3n) is 4.29. The lowest BCUT2D eigenvalue weighted by Crippen LogP contribution is -2.39. The van der Waals surface area contributed by atoms with E-state index in [1.165, 1.54) is 12.8 Å². The van der Waals surface area contributed by atoms with E-state index in [0.717, 1.165) is 36.2 Å². The van der Waals surface area contributed by atoms with Gasteiger partial charge >= 0.3 is 0 Å². The molecule has 4 heteroatoms. The standard InChI is InChI=1S/C15H26N4/c1-11-12(9-16)10-17-14(18-11)19-7-5-13(6-8-19)15(2,3)4/h10,13H,5-9,16H2,1-4H3. The Morgan fingerprint density at radius 1 is 1.32 bits per heavy atom. The van der Waals surface area contributed by atoms with Crippen molar-refractivity contribution in [3.63, 3.8) is 0 Å². The van der Waals surface area contributed by atoms with Crippen LogP contribution in [-0.2, 0) is 6.54 Å². The highest BCUT2D eigenvalue weighted by atomic mass is 15.3. The molecule has 0 atom stereocenters. The lowest BCUT2D eigenvalue weighted by Gasteiger charge is -2.38. The number of nitrogens with zero attached hydrogens (tertiary/aromatic N) is 3. The molecule has 0 bridgehead atoms. The van der Waals surface area contributed by atoms with Gasteiger partial charge in [0.1, 0.15) is 0 Å². The van der Waals surface area contributed by atoms with Gasteiger partial charge in [-0.05, 0) is 31.1 Å². The normalized spacial score (nSPS) is 17.8. The first-order valence-electron chi connectivity index (χ1n) is 7.19. The lowest BCUT2D eigenvalue weighted by atomic mass is 9.75. The van der Waals surface area contributed by atoms with Gasteiger partial charge in [-0.3, -0.25) is 0 Å². The van der Waals surface area contributed by atoms with Crippen molar-refractivity contribution in [3.8, 4) is 0 Å². The van der Waals surface area contributed by atoms with Crippen molar-refractivity contribution in [1.29, 1.82) is 0 Å². The highest BCUT2D eigenvalue weighted by Crippen LogP contribution is 2.34. The van der Waals surface area contributed by atoms with Crippen LogP contribution in [0.2, 0.25) is 0 Å². The van der Waals surface area contributed by atoms with Gasteiger partial charge in [0.15, 0.2) is 0 Å². The quantitative estimate of drug-likeness (QED) is 0.889. The highest BCUT2D eigenvalue weighted by molar-refractivity contribution is 5.33. The van der Waals surface area contributed by atoms with Gasteiger partial charge < -0.3 is 10.6 Å². The minimum Gasteiger partial charge on any atom is -0.341 e. The van der Waals surface area contributed by atoms with Crippen LogP contribution in [0.15, 0.2) is 6.20 Å². The number of nitrogens with two attached hydrogens (primary N) is 1. The number of aromatic nitrogens is 2. The van der Waals surface area contributed by atoms with Crippen LogP contribution in [-0.4, -0.2) is 23.1 Å². The van der Waals surface area contributed by atoms with E-state index < -0.39 is 0 Å². The number of rotatable bonds is 2. The molecular formula is C15H26N4. The summed E-state index contributed by atoms with van der Waals surface area (Å²) in [4.78, 5) is 11.3. The number of anilines is 1. The van der Waals surface area contributed by atoms with Crippen molar-refractivity contribution in [2.24, 2.45) is 17.1 Å². The fraction of sp³-hybridized carbons (Fsp3) is 0.733. The second-order valence-electron chi connectivity index (χ2n) is 6.61. The van der Waals surface area contributed by atoms with E-state index in [1.807, 2.05) is 13.1 Å². The molecule has 1 aliphatic rings. The molecule has 0 radical (unpaired) electrons. The second kappa shape index (κ2) is 5.45. The number of piperidine rings is 1. The van der Waals surface area contributed by atoms with Crippen LogP contribution in [0.25, 0.3) is 0 Å². The SMILES string of the molecule is Cc1nc(N2CCC(C(C)(C)C)CC2)ncc1CN. The summed E-state index contributed by atoms with van der Waals surface area (Å²) in [6, 6.07) is 0. The van der Waals surface area contributed by atoms with Gasteiger partial charge in [0.2, 0.25) is 5.95 Å². The monoisotopic (exact) mass is 262 g/mol. The minimum absolute atomic E-state index is 0.409. The van der Waals surface area contributed by atoms with Crippen LogP contribution in [0.3, 0.4) is 0 Å². The van der Waals surface area contributed by atoms with Crippen molar-refractivity contribution < 1.29 is 0 Å². The predicted molar refractivity (Wildman–Crippen MR) is 79.1 cm³/mol. The summed E-state index contributed by atoms with van der Waals surface area (Å²) in [6.45, 7) is 11.7. The van der Waals surface area contributed by atoms with E-state index in [0.29, 0.717) is 12.0 Å². The third kappa shape index (κ3) is 3.24. The van der Waals surface area contributed by atoms with Crippen LogP contribution in [0.4, 0.5) is 5.95 Å². The zero-order valence-corrected chi connectivity index (χ0v) is 12.6. The van der Waals surface area contributed by atoms with Crippen LogP contribution in [0.1, 0.15) is 44.9 Å². The van der Waals surface area contributed by atoms with Crippen molar-refractivity contribution in [3.05, 3.63) is 17.5 Å². The maximum Gasteiger partial charge on any atom is 0.225 e. The number of aryl methyl sites for hydroxylation is 1. The Balaban J connectivity index is 2.04. The van der Waals surface area contributed by atoms with Gasteiger partial charge in [0.25, 0.3) is 0 Å². The fourth-order valence-electron chi connectivity index (χ4n) is 2.78. The summed E-state index contributed by atoms with van der Waals surface area (Å²) >= 11 is 0. The van der Waals surface area contributed by atoms with E-state index in [-0.39, 0.29) is 0 Å². The molecular weight excluding hydrogens is 236 g/mol. The molecule has 0 aromatic carbocycles. The molecule has 1 aliphatic heterocycles. The average Bonchev–Trinajstić information content (AvgIpc) is 2.38. The third-order valence-corrected chi connectivity index (χ3v) is 4.29. The Labute approximate surface area is 116 Å². The molecule has 2 rings (SSSR count). The van der Waals surface area contributed by atoms with Crippen LogP contribution in [0, 0.1) is 18.3 Å². The van der Waals surface area contributed by atoms with Crippen molar-refractivity contribution in [1.82, 2.24) is 9.97 Å². The molecule has 0 saturated carbocycles. The lowest BCUT2D eigenvalue weighted by molar-refractivity contribution is 0.198. The molecule has 0 spiro atoms. The van der Waals surface area contributed by atoms with Crippen molar-refractivity contribution in [2.75, 3.05) is 18.0 Å². The minimum atomic E-state index is 0.409. The molecule has 0 aliphatic carbocycles. The fourth-order valence-corrected chi connectivity index (χ4v) is 2.78. The zero-order valence-electron chi connectivity index (χ0n) is 12.6. The van der Waals surface area contributed by atoms with E-state index >= 15 is 0 Å². The molecule has 2 N–H and O–H groups in total. The van der Waals surface area contributed by atoms with Crippen LogP contribution >= 0.6 is 0 Å². The summed E-state index contributed by atoms with van der Waals surface area (Å²) in [5, 5.41) is 0. The van der Waals surface area contributed by atoms with Gasteiger partial charge in [0.05, 0.1) is 0 Å². The summed E-state index contributed by atoms with van der Waals surface area (Å²) < 4.78 is 0. The molecule has 19 heavy (non-hydrogen) atoms. The summed E-state index contributed by atoms with van der Waals surface area (Å²) in [5.41, 5.74) is 8.10. The van der Waals surface area contributed by atoms with Crippen molar-refractivity contribution in [2.45, 2.75) is 47.1 Å². The van der Waals surface area contributed by atoms with E-state index in [1.54, 1.807) is 0 Å². The molecule has 4 nitrogen and oxygen atoms in total. The highest BCUT2D eigenvalue weighted by Gasteiger charge is 2.29. The van der Waals surface area contributed by atoms with Gasteiger partial charge in [-0.25, -0.2) is 9.97 Å². The molecule has 1 fully saturated rings. The number of hydrogen-bond donors (Lipinski definition) is 1. The first-order chi connectivity index (χ1) is 8.91. The van der Waals surface area contributed by atoms with Gasteiger partial charge in [-0.2, -0.15) is 0 Å². The summed E-state index contributed by atoms with van der Waals surface area (Å²) in [5.74, 6) is 1.66. The molecule has 1 saturated heterocycles. The van der Waals surface area contributed by atoms with Gasteiger partial charge in [-0.15, -0.1) is 0 Å². The molecule has 0 amide bonds. The Hall–Kier alpha value is -1.16. The Morgan fingerprint density at radius 3 is 2.42 bits per heavy atom. The molecule has 1 aromatic rings. The first-order valence-corrected chi connectivity index (χ1v) is 7.19.